The number of hydrogen-bond acceptors (Lipinski definition) is 4. The normalized spacial score (nSPS) is 12.7. The van der Waals surface area contributed by atoms with Gasteiger partial charge in [0.25, 0.3) is 0 Å². The van der Waals surface area contributed by atoms with Crippen molar-refractivity contribution in [3.8, 4) is 0 Å². The molecular weight excluding hydrogens is 294 g/mol. The fourth-order valence-corrected chi connectivity index (χ4v) is 2.70. The molecule has 1 atom stereocenters. The van der Waals surface area contributed by atoms with Crippen LogP contribution in [0.4, 0.5) is 10.6 Å². The number of nitrogens with one attached hydrogen (secondary N) is 2. The number of carbonyl (C=O) groups is 1. The molecule has 132 valence electrons. The van der Waals surface area contributed by atoms with Crippen molar-refractivity contribution in [2.45, 2.75) is 39.3 Å². The summed E-state index contributed by atoms with van der Waals surface area (Å²) in [5, 5.41) is 9.99. The highest BCUT2D eigenvalue weighted by atomic mass is 16.5. The molecule has 1 aromatic rings. The molecule has 0 saturated heterocycles. The minimum Gasteiger partial charge on any atom is -0.383 e. The number of carbonyl (C=O) groups excluding carboxylic acids is 1. The number of rotatable bonds is 10. The summed E-state index contributed by atoms with van der Waals surface area (Å²) in [6.07, 6.45) is 4.03. The molecule has 0 radical (unpaired) electrons. The Morgan fingerprint density at radius 1 is 1.39 bits per heavy atom. The van der Waals surface area contributed by atoms with Gasteiger partial charge in [0.1, 0.15) is 0 Å². The van der Waals surface area contributed by atoms with E-state index in [2.05, 4.69) is 48.6 Å². The monoisotopic (exact) mass is 325 g/mol. The molecule has 1 rings (SSSR count). The average molecular weight is 325 g/mol. The van der Waals surface area contributed by atoms with Crippen LogP contribution in [-0.2, 0) is 11.3 Å². The van der Waals surface area contributed by atoms with Crippen LogP contribution in [0.1, 0.15) is 26.7 Å². The Morgan fingerprint density at radius 3 is 2.65 bits per heavy atom. The van der Waals surface area contributed by atoms with E-state index in [4.69, 9.17) is 4.74 Å². The Hall–Kier alpha value is -1.60. The van der Waals surface area contributed by atoms with Crippen LogP contribution in [0.15, 0.2) is 12.3 Å². The van der Waals surface area contributed by atoms with Crippen LogP contribution in [0.2, 0.25) is 0 Å². The van der Waals surface area contributed by atoms with Crippen molar-refractivity contribution in [1.29, 1.82) is 0 Å². The van der Waals surface area contributed by atoms with Gasteiger partial charge in [0.2, 0.25) is 0 Å². The van der Waals surface area contributed by atoms with E-state index in [0.29, 0.717) is 37.5 Å². The molecule has 1 heterocycles. The van der Waals surface area contributed by atoms with Crippen LogP contribution in [0.25, 0.3) is 0 Å². The van der Waals surface area contributed by atoms with E-state index >= 15 is 0 Å². The number of nitrogens with zero attached hydrogens (tertiary/aromatic N) is 3. The first kappa shape index (κ1) is 19.4. The average Bonchev–Trinajstić information content (AvgIpc) is 2.96. The molecule has 0 aliphatic heterocycles. The van der Waals surface area contributed by atoms with Crippen LogP contribution in [0.3, 0.4) is 0 Å². The van der Waals surface area contributed by atoms with Crippen molar-refractivity contribution < 1.29 is 9.53 Å². The summed E-state index contributed by atoms with van der Waals surface area (Å²) in [5.74, 6) is 1.11. The van der Waals surface area contributed by atoms with E-state index in [1.165, 1.54) is 0 Å². The van der Waals surface area contributed by atoms with E-state index in [9.17, 15) is 4.79 Å². The Balaban J connectivity index is 2.47. The number of aromatic nitrogens is 2. The Bertz CT molecular complexity index is 457. The van der Waals surface area contributed by atoms with Crippen molar-refractivity contribution in [2.24, 2.45) is 5.92 Å². The molecule has 7 nitrogen and oxygen atoms in total. The molecular formula is C16H31N5O2. The van der Waals surface area contributed by atoms with E-state index in [0.717, 1.165) is 12.8 Å². The van der Waals surface area contributed by atoms with Crippen molar-refractivity contribution in [2.75, 3.05) is 39.7 Å². The van der Waals surface area contributed by atoms with Crippen molar-refractivity contribution in [1.82, 2.24) is 20.0 Å². The summed E-state index contributed by atoms with van der Waals surface area (Å²) in [5.41, 5.74) is 0. The number of urea groups is 1. The molecule has 23 heavy (non-hydrogen) atoms. The number of ether oxygens (including phenoxy) is 1. The zero-order chi connectivity index (χ0) is 17.2. The summed E-state index contributed by atoms with van der Waals surface area (Å²) >= 11 is 0. The molecule has 0 saturated carbocycles. The first-order valence-electron chi connectivity index (χ1n) is 8.25. The number of amides is 2. The molecule has 0 fully saturated rings. The van der Waals surface area contributed by atoms with Gasteiger partial charge in [-0.15, -0.1) is 0 Å². The third kappa shape index (κ3) is 6.58. The van der Waals surface area contributed by atoms with Crippen LogP contribution in [-0.4, -0.2) is 61.1 Å². The summed E-state index contributed by atoms with van der Waals surface area (Å²) in [7, 11) is 5.76. The van der Waals surface area contributed by atoms with E-state index < -0.39 is 0 Å². The largest absolute Gasteiger partial charge is 0.383 e. The highest BCUT2D eigenvalue weighted by Gasteiger charge is 2.21. The van der Waals surface area contributed by atoms with Crippen LogP contribution in [0.5, 0.6) is 0 Å². The van der Waals surface area contributed by atoms with E-state index in [1.54, 1.807) is 17.9 Å². The second kappa shape index (κ2) is 10.2. The minimum absolute atomic E-state index is 0.222. The van der Waals surface area contributed by atoms with Crippen LogP contribution >= 0.6 is 0 Å². The van der Waals surface area contributed by atoms with Gasteiger partial charge < -0.3 is 15.0 Å². The molecule has 0 bridgehead atoms. The lowest BCUT2D eigenvalue weighted by Crippen LogP contribution is -2.45. The second-order valence-corrected chi connectivity index (χ2v) is 5.90. The van der Waals surface area contributed by atoms with Gasteiger partial charge in [-0.3, -0.25) is 10.00 Å². The predicted octanol–water partition coefficient (Wildman–Crippen LogP) is 2.02. The maximum absolute atomic E-state index is 12.0. The molecule has 0 aliphatic carbocycles. The van der Waals surface area contributed by atoms with Gasteiger partial charge in [-0.2, -0.15) is 5.10 Å². The van der Waals surface area contributed by atoms with Gasteiger partial charge in [-0.25, -0.2) is 4.79 Å². The highest BCUT2D eigenvalue weighted by Crippen LogP contribution is 2.16. The lowest BCUT2D eigenvalue weighted by atomic mass is 9.93. The Kier molecular flexibility index (Phi) is 8.65. The molecule has 0 aliphatic rings. The Morgan fingerprint density at radius 2 is 2.09 bits per heavy atom. The third-order valence-corrected chi connectivity index (χ3v) is 4.13. The first-order valence-corrected chi connectivity index (χ1v) is 8.25. The fraction of sp³-hybridized carbons (Fsp3) is 0.750. The maximum Gasteiger partial charge on any atom is 0.320 e. The van der Waals surface area contributed by atoms with Gasteiger partial charge in [-0.1, -0.05) is 26.7 Å². The molecule has 7 heteroatoms. The van der Waals surface area contributed by atoms with Gasteiger partial charge in [0.05, 0.1) is 13.2 Å². The van der Waals surface area contributed by atoms with E-state index in [1.807, 2.05) is 6.20 Å². The Labute approximate surface area is 139 Å². The van der Waals surface area contributed by atoms with Gasteiger partial charge >= 0.3 is 6.03 Å². The summed E-state index contributed by atoms with van der Waals surface area (Å²) in [6.45, 7) is 6.26. The quantitative estimate of drug-likeness (QED) is 0.690. The SMILES string of the molecule is CCC(CC)[C@@H](CNC(=O)Nc1ccn(CCOC)n1)N(C)C. The standard InChI is InChI=1S/C16H31N5O2/c1-6-13(7-2)14(20(3)4)12-17-16(22)18-15-8-9-21(19-15)10-11-23-5/h8-9,13-14H,6-7,10-12H2,1-5H3,(H2,17,18,19,22)/t14-/m1/s1. The number of methoxy groups -OCH3 is 1. The number of anilines is 1. The van der Waals surface area contributed by atoms with Crippen LogP contribution in [0, 0.1) is 5.92 Å². The van der Waals surface area contributed by atoms with Crippen molar-refractivity contribution in [3.05, 3.63) is 12.3 Å². The van der Waals surface area contributed by atoms with Gasteiger partial charge in [-0.05, 0) is 20.0 Å². The molecule has 0 aromatic carbocycles. The molecule has 0 unspecified atom stereocenters. The van der Waals surface area contributed by atoms with Crippen LogP contribution < -0.4 is 10.6 Å². The predicted molar refractivity (Wildman–Crippen MR) is 92.7 cm³/mol. The number of hydrogen-bond donors (Lipinski definition) is 2. The fourth-order valence-electron chi connectivity index (χ4n) is 2.70. The van der Waals surface area contributed by atoms with Crippen molar-refractivity contribution in [3.63, 3.8) is 0 Å². The lowest BCUT2D eigenvalue weighted by molar-refractivity contribution is 0.183. The smallest absolute Gasteiger partial charge is 0.320 e. The zero-order valence-electron chi connectivity index (χ0n) is 15.0. The van der Waals surface area contributed by atoms with Crippen molar-refractivity contribution >= 4 is 11.8 Å². The molecule has 2 amide bonds. The molecule has 1 aromatic heterocycles. The minimum atomic E-state index is -0.222. The first-order chi connectivity index (χ1) is 11.0. The zero-order valence-corrected chi connectivity index (χ0v) is 15.0. The maximum atomic E-state index is 12.0. The summed E-state index contributed by atoms with van der Waals surface area (Å²) in [6, 6.07) is 1.88. The third-order valence-electron chi connectivity index (χ3n) is 4.13. The van der Waals surface area contributed by atoms with Gasteiger partial charge in [0.15, 0.2) is 5.82 Å². The number of likely N-dealkylation sites (N-methyl/N-ethyl adjacent to an activating group) is 1. The van der Waals surface area contributed by atoms with E-state index in [-0.39, 0.29) is 6.03 Å². The molecule has 2 N–H and O–H groups in total. The lowest BCUT2D eigenvalue weighted by Gasteiger charge is -2.31. The highest BCUT2D eigenvalue weighted by molar-refractivity contribution is 5.88. The summed E-state index contributed by atoms with van der Waals surface area (Å²) in [4.78, 5) is 14.2. The topological polar surface area (TPSA) is 71.4 Å². The summed E-state index contributed by atoms with van der Waals surface area (Å²) < 4.78 is 6.74. The molecule has 0 spiro atoms. The second-order valence-electron chi connectivity index (χ2n) is 5.90. The van der Waals surface area contributed by atoms with Gasteiger partial charge in [0, 0.05) is 32.0 Å².